The van der Waals surface area contributed by atoms with E-state index < -0.39 is 48.8 Å². The van der Waals surface area contributed by atoms with Crippen molar-refractivity contribution in [1.29, 1.82) is 0 Å². The van der Waals surface area contributed by atoms with Gasteiger partial charge in [-0.2, -0.15) is 0 Å². The average molecular weight is 392 g/mol. The van der Waals surface area contributed by atoms with Crippen LogP contribution < -0.4 is 0 Å². The number of ether oxygens (including phenoxy) is 2. The van der Waals surface area contributed by atoms with Crippen molar-refractivity contribution in [3.8, 4) is 0 Å². The molecule has 0 aromatic rings. The van der Waals surface area contributed by atoms with E-state index in [0.29, 0.717) is 0 Å². The summed E-state index contributed by atoms with van der Waals surface area (Å²) in [5.41, 5.74) is 34.5. The van der Waals surface area contributed by atoms with Crippen molar-refractivity contribution >= 4 is 0 Å². The van der Waals surface area contributed by atoms with Crippen molar-refractivity contribution in [3.63, 3.8) is 0 Å². The van der Waals surface area contributed by atoms with E-state index in [9.17, 15) is 10.2 Å². The van der Waals surface area contributed by atoms with Gasteiger partial charge in [0, 0.05) is 19.6 Å². The highest BCUT2D eigenvalue weighted by Crippen LogP contribution is 2.31. The molecule has 0 radical (unpaired) electrons. The van der Waals surface area contributed by atoms with Crippen molar-refractivity contribution in [2.24, 2.45) is 20.5 Å². The molecule has 1 aliphatic carbocycles. The molecule has 1 fully saturated rings. The van der Waals surface area contributed by atoms with Gasteiger partial charge in [0.05, 0.1) is 36.9 Å². The van der Waals surface area contributed by atoms with Crippen molar-refractivity contribution in [3.05, 3.63) is 53.9 Å². The Bertz CT molecular complexity index is 779. The Morgan fingerprint density at radius 1 is 0.929 bits per heavy atom. The summed E-state index contributed by atoms with van der Waals surface area (Å²) in [7, 11) is 0. The zero-order valence-corrected chi connectivity index (χ0v) is 14.3. The maximum Gasteiger partial charge on any atom is 0.170 e. The van der Waals surface area contributed by atoms with Crippen LogP contribution in [0, 0.1) is 0 Å². The number of aliphatic hydroxyl groups excluding tert-OH is 2. The highest BCUT2D eigenvalue weighted by atomic mass is 16.7. The summed E-state index contributed by atoms with van der Waals surface area (Å²) in [5.74, 6) is 0. The van der Waals surface area contributed by atoms with Crippen LogP contribution in [0.25, 0.3) is 41.8 Å². The van der Waals surface area contributed by atoms with Crippen LogP contribution in [0.5, 0.6) is 0 Å². The highest BCUT2D eigenvalue weighted by Gasteiger charge is 2.45. The fourth-order valence-electron chi connectivity index (χ4n) is 2.97. The van der Waals surface area contributed by atoms with Gasteiger partial charge >= 0.3 is 0 Å². The lowest BCUT2D eigenvalue weighted by Gasteiger charge is -2.42. The Kier molecular flexibility index (Phi) is 7.72. The van der Waals surface area contributed by atoms with Crippen molar-refractivity contribution < 1.29 is 19.7 Å². The standard InChI is InChI=1S/C12H16N12O4/c13-21-17-4-5-1-2-6(18-22-14)12(27-5)28-11-8(20-24-16)3-7(19-23-15)9(25)10(11)26/h1-2,5-12,25-26H,3-4H2/t5?,6?,7-,8?,9?,10-,11?,12-/m1/s1. The fraction of sp³-hybridized carbons (Fsp3) is 0.833. The van der Waals surface area contributed by atoms with Gasteiger partial charge in [0.1, 0.15) is 12.1 Å². The lowest BCUT2D eigenvalue weighted by molar-refractivity contribution is -0.233. The van der Waals surface area contributed by atoms with E-state index in [-0.39, 0.29) is 13.0 Å². The minimum absolute atomic E-state index is 0.0512. The lowest BCUT2D eigenvalue weighted by atomic mass is 9.84. The van der Waals surface area contributed by atoms with E-state index in [1.807, 2.05) is 0 Å². The molecule has 0 aromatic carbocycles. The Balaban J connectivity index is 2.25. The monoisotopic (exact) mass is 392 g/mol. The molecule has 5 unspecified atom stereocenters. The number of rotatable bonds is 7. The summed E-state index contributed by atoms with van der Waals surface area (Å²) in [5, 5.41) is 34.4. The van der Waals surface area contributed by atoms with Gasteiger partial charge in [0.2, 0.25) is 0 Å². The van der Waals surface area contributed by atoms with Gasteiger partial charge in [-0.05, 0) is 28.5 Å². The fourth-order valence-corrected chi connectivity index (χ4v) is 2.97. The van der Waals surface area contributed by atoms with Crippen molar-refractivity contribution in [1.82, 2.24) is 0 Å². The first-order chi connectivity index (χ1) is 13.5. The molecule has 0 aromatic heterocycles. The number of azide groups is 4. The molecule has 2 aliphatic rings. The van der Waals surface area contributed by atoms with Crippen LogP contribution in [-0.2, 0) is 9.47 Å². The molecule has 28 heavy (non-hydrogen) atoms. The molecule has 0 saturated heterocycles. The van der Waals surface area contributed by atoms with Crippen LogP contribution in [0.2, 0.25) is 0 Å². The largest absolute Gasteiger partial charge is 0.390 e. The third kappa shape index (κ3) is 4.96. The zero-order chi connectivity index (χ0) is 20.5. The molecule has 1 heterocycles. The van der Waals surface area contributed by atoms with Crippen LogP contribution in [0.4, 0.5) is 0 Å². The van der Waals surface area contributed by atoms with E-state index >= 15 is 0 Å². The smallest absolute Gasteiger partial charge is 0.170 e. The van der Waals surface area contributed by atoms with Crippen LogP contribution in [0.3, 0.4) is 0 Å². The van der Waals surface area contributed by atoms with Crippen LogP contribution in [0.15, 0.2) is 32.6 Å². The first-order valence-corrected chi connectivity index (χ1v) is 8.04. The number of nitrogens with zero attached hydrogens (tertiary/aromatic N) is 12. The average Bonchev–Trinajstić information content (AvgIpc) is 2.69. The van der Waals surface area contributed by atoms with Gasteiger partial charge in [-0.1, -0.05) is 32.6 Å². The summed E-state index contributed by atoms with van der Waals surface area (Å²) in [6.07, 6.45) is -3.22. The second-order valence-corrected chi connectivity index (χ2v) is 5.90. The number of aliphatic hydroxyl groups is 2. The van der Waals surface area contributed by atoms with E-state index in [4.69, 9.17) is 31.6 Å². The summed E-state index contributed by atoms with van der Waals surface area (Å²) in [4.78, 5) is 10.6. The first-order valence-electron chi connectivity index (χ1n) is 8.04. The second kappa shape index (κ2) is 10.2. The number of hydrogen-bond acceptors (Lipinski definition) is 8. The molecule has 148 valence electrons. The predicted octanol–water partition coefficient (Wildman–Crippen LogP) is 2.13. The molecule has 16 heteroatoms. The normalized spacial score (nSPS) is 36.8. The Labute approximate surface area is 156 Å². The van der Waals surface area contributed by atoms with Crippen LogP contribution in [0.1, 0.15) is 6.42 Å². The van der Waals surface area contributed by atoms with E-state index in [2.05, 4.69) is 40.1 Å². The first kappa shape index (κ1) is 21.1. The molecule has 2 rings (SSSR count). The van der Waals surface area contributed by atoms with Gasteiger partial charge in [-0.15, -0.1) is 0 Å². The molecule has 2 N–H and O–H groups in total. The number of hydrogen-bond donors (Lipinski definition) is 2. The minimum Gasteiger partial charge on any atom is -0.390 e. The molecule has 0 bridgehead atoms. The van der Waals surface area contributed by atoms with Gasteiger partial charge in [-0.3, -0.25) is 0 Å². The van der Waals surface area contributed by atoms with Gasteiger partial charge in [0.25, 0.3) is 0 Å². The zero-order valence-electron chi connectivity index (χ0n) is 14.3. The maximum absolute atomic E-state index is 10.4. The topological polar surface area (TPSA) is 254 Å². The third-order valence-corrected chi connectivity index (χ3v) is 4.25. The van der Waals surface area contributed by atoms with E-state index in [1.165, 1.54) is 12.2 Å². The quantitative estimate of drug-likeness (QED) is 0.285. The molecule has 1 aliphatic heterocycles. The molecule has 16 nitrogen and oxygen atoms in total. The molecule has 8 atom stereocenters. The summed E-state index contributed by atoms with van der Waals surface area (Å²) >= 11 is 0. The minimum atomic E-state index is -1.57. The Morgan fingerprint density at radius 3 is 2.25 bits per heavy atom. The van der Waals surface area contributed by atoms with Gasteiger partial charge < -0.3 is 19.7 Å². The summed E-state index contributed by atoms with van der Waals surface area (Å²) < 4.78 is 11.3. The van der Waals surface area contributed by atoms with Crippen molar-refractivity contribution in [2.75, 3.05) is 6.54 Å². The summed E-state index contributed by atoms with van der Waals surface area (Å²) in [6, 6.07) is -2.93. The SMILES string of the molecule is [N-]=[N+]=NCC1C=CC(N=[N+]=[N-])[C@@H](OC2C(N=[N+]=[N-])C[C@@H](N=[N+]=[N-])C(O)[C@H]2O)O1. The Morgan fingerprint density at radius 2 is 1.61 bits per heavy atom. The molecular weight excluding hydrogens is 376 g/mol. The van der Waals surface area contributed by atoms with Crippen molar-refractivity contribution in [2.45, 2.75) is 55.3 Å². The second-order valence-electron chi connectivity index (χ2n) is 5.90. The van der Waals surface area contributed by atoms with E-state index in [1.54, 1.807) is 0 Å². The molecular formula is C12H16N12O4. The lowest BCUT2D eigenvalue weighted by Crippen LogP contribution is -2.57. The Hall–Kier alpha value is -3.18. The molecule has 0 amide bonds. The van der Waals surface area contributed by atoms with E-state index in [0.717, 1.165) is 0 Å². The molecule has 0 spiro atoms. The van der Waals surface area contributed by atoms with Crippen LogP contribution in [-0.4, -0.2) is 65.6 Å². The third-order valence-electron chi connectivity index (χ3n) is 4.25. The van der Waals surface area contributed by atoms with Gasteiger partial charge in [0.15, 0.2) is 6.29 Å². The predicted molar refractivity (Wildman–Crippen MR) is 92.1 cm³/mol. The van der Waals surface area contributed by atoms with Gasteiger partial charge in [-0.25, -0.2) is 0 Å². The van der Waals surface area contributed by atoms with Crippen LogP contribution >= 0.6 is 0 Å². The highest BCUT2D eigenvalue weighted by molar-refractivity contribution is 5.06. The summed E-state index contributed by atoms with van der Waals surface area (Å²) in [6.45, 7) is -0.0512. The maximum atomic E-state index is 10.4. The molecule has 1 saturated carbocycles.